The maximum Gasteiger partial charge on any atom is 0.123 e. The molecule has 0 radical (unpaired) electrons. The zero-order valence-electron chi connectivity index (χ0n) is 12.9. The molecule has 4 nitrogen and oxygen atoms in total. The van der Waals surface area contributed by atoms with Crippen molar-refractivity contribution in [3.05, 3.63) is 24.3 Å². The van der Waals surface area contributed by atoms with Crippen molar-refractivity contribution in [1.29, 1.82) is 5.26 Å². The van der Waals surface area contributed by atoms with Gasteiger partial charge in [0, 0.05) is 12.5 Å². The molecule has 0 aliphatic heterocycles. The minimum atomic E-state index is -0.435. The van der Waals surface area contributed by atoms with Crippen LogP contribution in [0.15, 0.2) is 24.3 Å². The van der Waals surface area contributed by atoms with E-state index in [1.807, 2.05) is 38.1 Å². The zero-order valence-corrected chi connectivity index (χ0v) is 12.9. The van der Waals surface area contributed by atoms with Crippen LogP contribution in [0.3, 0.4) is 0 Å². The average molecular weight is 288 g/mol. The van der Waals surface area contributed by atoms with Gasteiger partial charge in [0.2, 0.25) is 0 Å². The van der Waals surface area contributed by atoms with Crippen LogP contribution >= 0.6 is 0 Å². The number of nitriles is 1. The maximum atomic E-state index is 9.48. The van der Waals surface area contributed by atoms with Crippen LogP contribution in [0, 0.1) is 11.3 Å². The number of benzene rings is 1. The normalized spacial score (nSPS) is 25.1. The second-order valence-electron chi connectivity index (χ2n) is 5.47. The van der Waals surface area contributed by atoms with Crippen LogP contribution in [0.2, 0.25) is 0 Å². The summed E-state index contributed by atoms with van der Waals surface area (Å²) in [6.45, 7) is 5.45. The van der Waals surface area contributed by atoms with E-state index in [1.54, 1.807) is 0 Å². The first kappa shape index (κ1) is 15.7. The van der Waals surface area contributed by atoms with Gasteiger partial charge in [0.25, 0.3) is 0 Å². The third-order valence-electron chi connectivity index (χ3n) is 3.85. The molecular formula is C17H24N2O2. The lowest BCUT2D eigenvalue weighted by molar-refractivity contribution is 0.113. The predicted octanol–water partition coefficient (Wildman–Crippen LogP) is 3.28. The summed E-state index contributed by atoms with van der Waals surface area (Å²) in [6.07, 6.45) is 3.71. The highest BCUT2D eigenvalue weighted by atomic mass is 16.5. The minimum Gasteiger partial charge on any atom is -0.494 e. The molecule has 0 bridgehead atoms. The van der Waals surface area contributed by atoms with Crippen molar-refractivity contribution in [1.82, 2.24) is 5.32 Å². The maximum absolute atomic E-state index is 9.48. The predicted molar refractivity (Wildman–Crippen MR) is 82.5 cm³/mol. The molecule has 1 aromatic rings. The molecule has 1 aliphatic rings. The number of hydrogen-bond acceptors (Lipinski definition) is 4. The fraction of sp³-hybridized carbons (Fsp3) is 0.588. The molecule has 0 spiro atoms. The van der Waals surface area contributed by atoms with Crippen LogP contribution in [0.4, 0.5) is 0 Å². The van der Waals surface area contributed by atoms with Gasteiger partial charge in [0.15, 0.2) is 0 Å². The fourth-order valence-electron chi connectivity index (χ4n) is 2.96. The Labute approximate surface area is 127 Å². The van der Waals surface area contributed by atoms with Crippen molar-refractivity contribution < 1.29 is 9.47 Å². The molecular weight excluding hydrogens is 264 g/mol. The molecule has 1 aromatic carbocycles. The highest BCUT2D eigenvalue weighted by Gasteiger charge is 2.36. The van der Waals surface area contributed by atoms with Gasteiger partial charge in [-0.2, -0.15) is 5.26 Å². The van der Waals surface area contributed by atoms with E-state index in [9.17, 15) is 5.26 Å². The largest absolute Gasteiger partial charge is 0.494 e. The van der Waals surface area contributed by atoms with E-state index < -0.39 is 5.54 Å². The molecule has 0 saturated heterocycles. The molecule has 4 heteroatoms. The Balaban J connectivity index is 2.02. The van der Waals surface area contributed by atoms with E-state index in [2.05, 4.69) is 11.4 Å². The van der Waals surface area contributed by atoms with Crippen LogP contribution < -0.4 is 14.8 Å². The van der Waals surface area contributed by atoms with E-state index in [-0.39, 0.29) is 6.10 Å². The van der Waals surface area contributed by atoms with E-state index in [0.29, 0.717) is 6.61 Å². The summed E-state index contributed by atoms with van der Waals surface area (Å²) in [5, 5.41) is 12.8. The van der Waals surface area contributed by atoms with E-state index in [1.165, 1.54) is 0 Å². The first-order valence-electron chi connectivity index (χ1n) is 7.77. The SMILES string of the molecule is CCNC1(C#N)CCCC(Oc2cccc(OCC)c2)C1. The fourth-order valence-corrected chi connectivity index (χ4v) is 2.96. The van der Waals surface area contributed by atoms with Gasteiger partial charge in [0.05, 0.1) is 12.7 Å². The van der Waals surface area contributed by atoms with Gasteiger partial charge >= 0.3 is 0 Å². The molecule has 21 heavy (non-hydrogen) atoms. The van der Waals surface area contributed by atoms with Gasteiger partial charge in [-0.1, -0.05) is 13.0 Å². The number of rotatable bonds is 6. The van der Waals surface area contributed by atoms with E-state index in [0.717, 1.165) is 43.7 Å². The van der Waals surface area contributed by atoms with Gasteiger partial charge < -0.3 is 9.47 Å². The summed E-state index contributed by atoms with van der Waals surface area (Å²) in [6, 6.07) is 10.2. The lowest BCUT2D eigenvalue weighted by Crippen LogP contribution is -2.49. The lowest BCUT2D eigenvalue weighted by atomic mass is 9.81. The Morgan fingerprint density at radius 2 is 2.19 bits per heavy atom. The Hall–Kier alpha value is -1.73. The molecule has 114 valence electrons. The Kier molecular flexibility index (Phi) is 5.46. The van der Waals surface area contributed by atoms with Crippen molar-refractivity contribution in [3.63, 3.8) is 0 Å². The van der Waals surface area contributed by atoms with Crippen LogP contribution in [0.1, 0.15) is 39.5 Å². The highest BCUT2D eigenvalue weighted by Crippen LogP contribution is 2.31. The van der Waals surface area contributed by atoms with Gasteiger partial charge in [-0.25, -0.2) is 0 Å². The quantitative estimate of drug-likeness (QED) is 0.873. The van der Waals surface area contributed by atoms with E-state index >= 15 is 0 Å². The summed E-state index contributed by atoms with van der Waals surface area (Å²) in [7, 11) is 0. The van der Waals surface area contributed by atoms with Crippen LogP contribution in [-0.2, 0) is 0 Å². The molecule has 2 atom stereocenters. The van der Waals surface area contributed by atoms with E-state index in [4.69, 9.17) is 9.47 Å². The topological polar surface area (TPSA) is 54.3 Å². The number of nitrogens with zero attached hydrogens (tertiary/aromatic N) is 1. The first-order chi connectivity index (χ1) is 10.2. The average Bonchev–Trinajstić information content (AvgIpc) is 2.49. The molecule has 2 unspecified atom stereocenters. The van der Waals surface area contributed by atoms with Crippen molar-refractivity contribution in [2.24, 2.45) is 0 Å². The van der Waals surface area contributed by atoms with Crippen molar-refractivity contribution in [2.45, 2.75) is 51.2 Å². The standard InChI is InChI=1S/C17H24N2O2/c1-3-19-17(13-18)10-6-9-16(12-17)21-15-8-5-7-14(11-15)20-4-2/h5,7-8,11,16,19H,3-4,6,9-10,12H2,1-2H3. The number of ether oxygens (including phenoxy) is 2. The molecule has 1 N–H and O–H groups in total. The first-order valence-corrected chi connectivity index (χ1v) is 7.77. The lowest BCUT2D eigenvalue weighted by Gasteiger charge is -2.36. The zero-order chi connectivity index (χ0) is 15.1. The van der Waals surface area contributed by atoms with Gasteiger partial charge in [-0.05, 0) is 44.9 Å². The Morgan fingerprint density at radius 3 is 2.90 bits per heavy atom. The summed E-state index contributed by atoms with van der Waals surface area (Å²) < 4.78 is 11.6. The summed E-state index contributed by atoms with van der Waals surface area (Å²) in [5.74, 6) is 1.64. The van der Waals surface area contributed by atoms with Crippen LogP contribution in [0.25, 0.3) is 0 Å². The molecule has 0 amide bonds. The minimum absolute atomic E-state index is 0.0781. The van der Waals surface area contributed by atoms with Gasteiger partial charge in [-0.15, -0.1) is 0 Å². The number of nitrogens with one attached hydrogen (secondary N) is 1. The van der Waals surface area contributed by atoms with Crippen LogP contribution in [0.5, 0.6) is 11.5 Å². The smallest absolute Gasteiger partial charge is 0.123 e. The molecule has 1 saturated carbocycles. The molecule has 0 aromatic heterocycles. The Bertz CT molecular complexity index is 494. The van der Waals surface area contributed by atoms with Crippen molar-refractivity contribution in [3.8, 4) is 17.6 Å². The molecule has 1 fully saturated rings. The third kappa shape index (κ3) is 4.12. The summed E-state index contributed by atoms with van der Waals surface area (Å²) in [4.78, 5) is 0. The summed E-state index contributed by atoms with van der Waals surface area (Å²) >= 11 is 0. The molecule has 1 aliphatic carbocycles. The number of hydrogen-bond donors (Lipinski definition) is 1. The van der Waals surface area contributed by atoms with Gasteiger partial charge in [0.1, 0.15) is 23.1 Å². The van der Waals surface area contributed by atoms with Crippen molar-refractivity contribution >= 4 is 0 Å². The molecule has 0 heterocycles. The monoisotopic (exact) mass is 288 g/mol. The second-order valence-corrected chi connectivity index (χ2v) is 5.47. The van der Waals surface area contributed by atoms with Gasteiger partial charge in [-0.3, -0.25) is 5.32 Å². The summed E-state index contributed by atoms with van der Waals surface area (Å²) in [5.41, 5.74) is -0.435. The van der Waals surface area contributed by atoms with Crippen LogP contribution in [-0.4, -0.2) is 24.8 Å². The third-order valence-corrected chi connectivity index (χ3v) is 3.85. The van der Waals surface area contributed by atoms with Crippen molar-refractivity contribution in [2.75, 3.05) is 13.2 Å². The highest BCUT2D eigenvalue weighted by molar-refractivity contribution is 5.33. The Morgan fingerprint density at radius 1 is 1.38 bits per heavy atom. The molecule has 2 rings (SSSR count). The second kappa shape index (κ2) is 7.33.